The van der Waals surface area contributed by atoms with Crippen LogP contribution in [0.4, 0.5) is 0 Å². The zero-order chi connectivity index (χ0) is 11.1. The first kappa shape index (κ1) is 12.8. The molecule has 1 unspecified atom stereocenters. The van der Waals surface area contributed by atoms with Crippen LogP contribution in [0.25, 0.3) is 0 Å². The fourth-order valence-corrected chi connectivity index (χ4v) is 2.60. The third-order valence-corrected chi connectivity index (χ3v) is 3.62. The van der Waals surface area contributed by atoms with Gasteiger partial charge in [-0.2, -0.15) is 0 Å². The number of nitrogens with zero attached hydrogens (tertiary/aromatic N) is 1. The van der Waals surface area contributed by atoms with E-state index < -0.39 is 0 Å². The molecule has 0 spiro atoms. The third-order valence-electron chi connectivity index (χ3n) is 2.33. The average Bonchev–Trinajstić information content (AvgIpc) is 2.60. The summed E-state index contributed by atoms with van der Waals surface area (Å²) in [6.07, 6.45) is 7.47. The molecule has 4 heteroatoms. The number of halogens is 1. The predicted octanol–water partition coefficient (Wildman–Crippen LogP) is 3.49. The Bertz CT molecular complexity index is 320. The zero-order valence-electron chi connectivity index (χ0n) is 9.12. The molecule has 0 fully saturated rings. The van der Waals surface area contributed by atoms with Crippen molar-refractivity contribution >= 4 is 23.1 Å². The Kier molecular flexibility index (Phi) is 6.03. The van der Waals surface area contributed by atoms with Gasteiger partial charge in [0.05, 0.1) is 0 Å². The van der Waals surface area contributed by atoms with Gasteiger partial charge in [-0.1, -0.05) is 19.8 Å². The summed E-state index contributed by atoms with van der Waals surface area (Å²) < 4.78 is 2.13. The van der Waals surface area contributed by atoms with E-state index >= 15 is 0 Å². The lowest BCUT2D eigenvalue weighted by Crippen LogP contribution is -1.99. The Labute approximate surface area is 100 Å². The van der Waals surface area contributed by atoms with Crippen LogP contribution in [0, 0.1) is 0 Å². The molecule has 0 saturated heterocycles. The molecular formula is C11H18ClNOS. The van der Waals surface area contributed by atoms with E-state index in [9.17, 15) is 4.79 Å². The van der Waals surface area contributed by atoms with Gasteiger partial charge in [0.1, 0.15) is 0 Å². The lowest BCUT2D eigenvalue weighted by Gasteiger charge is -2.07. The summed E-state index contributed by atoms with van der Waals surface area (Å²) in [5, 5.41) is 0.332. The number of rotatable bonds is 7. The second-order valence-corrected chi connectivity index (χ2v) is 5.42. The minimum atomic E-state index is 0.135. The van der Waals surface area contributed by atoms with Crippen molar-refractivity contribution in [1.29, 1.82) is 0 Å². The standard InChI is InChI=1S/C11H18ClNOS/c1-2-5-10(12)6-3-4-8-13-9-7-11(14)15-13/h7,9-10H,2-6,8H2,1H3. The van der Waals surface area contributed by atoms with E-state index in [2.05, 4.69) is 6.92 Å². The number of alkyl halides is 1. The van der Waals surface area contributed by atoms with Gasteiger partial charge in [0.2, 0.25) is 4.74 Å². The van der Waals surface area contributed by atoms with Crippen LogP contribution < -0.4 is 4.74 Å². The van der Waals surface area contributed by atoms with E-state index in [1.807, 2.05) is 10.2 Å². The zero-order valence-corrected chi connectivity index (χ0v) is 10.7. The maximum atomic E-state index is 10.9. The fraction of sp³-hybridized carbons (Fsp3) is 0.727. The maximum Gasteiger partial charge on any atom is 0.249 e. The van der Waals surface area contributed by atoms with E-state index in [0.717, 1.165) is 38.6 Å². The second kappa shape index (κ2) is 7.07. The van der Waals surface area contributed by atoms with Crippen molar-refractivity contribution in [1.82, 2.24) is 3.96 Å². The number of hydrogen-bond acceptors (Lipinski definition) is 2. The molecule has 0 aliphatic heterocycles. The summed E-state index contributed by atoms with van der Waals surface area (Å²) in [4.78, 5) is 10.9. The molecule has 1 rings (SSSR count). The molecule has 0 saturated carbocycles. The monoisotopic (exact) mass is 247 g/mol. The molecule has 0 bridgehead atoms. The van der Waals surface area contributed by atoms with Gasteiger partial charge in [-0.05, 0) is 30.8 Å². The summed E-state index contributed by atoms with van der Waals surface area (Å²) >= 11 is 7.40. The molecule has 0 aliphatic carbocycles. The first-order chi connectivity index (χ1) is 7.22. The van der Waals surface area contributed by atoms with Crippen LogP contribution in [0.15, 0.2) is 17.1 Å². The molecule has 1 heterocycles. The number of aryl methyl sites for hydroxylation is 1. The molecule has 1 aromatic rings. The van der Waals surface area contributed by atoms with Crippen molar-refractivity contribution in [3.63, 3.8) is 0 Å². The highest BCUT2D eigenvalue weighted by molar-refractivity contribution is 7.03. The van der Waals surface area contributed by atoms with Gasteiger partial charge < -0.3 is 3.96 Å². The fourth-order valence-electron chi connectivity index (χ4n) is 1.53. The van der Waals surface area contributed by atoms with Gasteiger partial charge in [-0.15, -0.1) is 11.6 Å². The Balaban J connectivity index is 2.09. The van der Waals surface area contributed by atoms with E-state index in [1.165, 1.54) is 11.5 Å². The summed E-state index contributed by atoms with van der Waals surface area (Å²) in [6, 6.07) is 1.62. The second-order valence-electron chi connectivity index (χ2n) is 3.75. The smallest absolute Gasteiger partial charge is 0.249 e. The van der Waals surface area contributed by atoms with Crippen LogP contribution in [0.3, 0.4) is 0 Å². The normalized spacial score (nSPS) is 12.9. The summed E-state index contributed by atoms with van der Waals surface area (Å²) in [5.74, 6) is 0. The highest BCUT2D eigenvalue weighted by atomic mass is 35.5. The Morgan fingerprint density at radius 2 is 2.27 bits per heavy atom. The van der Waals surface area contributed by atoms with Gasteiger partial charge in [-0.3, -0.25) is 4.79 Å². The highest BCUT2D eigenvalue weighted by Crippen LogP contribution is 2.13. The number of unbranched alkanes of at least 4 members (excludes halogenated alkanes) is 1. The molecule has 0 radical (unpaired) electrons. The van der Waals surface area contributed by atoms with Gasteiger partial charge in [0.25, 0.3) is 0 Å². The van der Waals surface area contributed by atoms with E-state index in [1.54, 1.807) is 6.07 Å². The average molecular weight is 248 g/mol. The van der Waals surface area contributed by atoms with Gasteiger partial charge >= 0.3 is 0 Å². The maximum absolute atomic E-state index is 10.9. The SMILES string of the molecule is CCCC(Cl)CCCCn1ccc(=O)s1. The number of aromatic nitrogens is 1. The molecule has 0 aromatic carbocycles. The Morgan fingerprint density at radius 3 is 2.87 bits per heavy atom. The molecule has 86 valence electrons. The summed E-state index contributed by atoms with van der Waals surface area (Å²) in [7, 11) is 0. The first-order valence-electron chi connectivity index (χ1n) is 5.53. The summed E-state index contributed by atoms with van der Waals surface area (Å²) in [5.41, 5.74) is 0. The topological polar surface area (TPSA) is 22.0 Å². The molecular weight excluding hydrogens is 230 g/mol. The number of hydrogen-bond donors (Lipinski definition) is 0. The van der Waals surface area contributed by atoms with E-state index in [0.29, 0.717) is 5.38 Å². The molecule has 1 atom stereocenters. The van der Waals surface area contributed by atoms with Crippen molar-refractivity contribution in [2.45, 2.75) is 50.9 Å². The van der Waals surface area contributed by atoms with Gasteiger partial charge in [0.15, 0.2) is 0 Å². The molecule has 15 heavy (non-hydrogen) atoms. The van der Waals surface area contributed by atoms with Crippen LogP contribution in [0.5, 0.6) is 0 Å². The highest BCUT2D eigenvalue weighted by Gasteiger charge is 2.02. The lowest BCUT2D eigenvalue weighted by molar-refractivity contribution is 0.578. The van der Waals surface area contributed by atoms with E-state index in [-0.39, 0.29) is 4.74 Å². The van der Waals surface area contributed by atoms with Crippen molar-refractivity contribution in [2.75, 3.05) is 0 Å². The lowest BCUT2D eigenvalue weighted by atomic mass is 10.1. The molecule has 2 nitrogen and oxygen atoms in total. The van der Waals surface area contributed by atoms with Crippen LogP contribution in [0.1, 0.15) is 39.0 Å². The molecule has 0 aliphatic rings. The van der Waals surface area contributed by atoms with E-state index in [4.69, 9.17) is 11.6 Å². The van der Waals surface area contributed by atoms with Crippen LogP contribution in [-0.2, 0) is 6.54 Å². The summed E-state index contributed by atoms with van der Waals surface area (Å²) in [6.45, 7) is 3.11. The largest absolute Gasteiger partial charge is 0.302 e. The predicted molar refractivity (Wildman–Crippen MR) is 67.0 cm³/mol. The van der Waals surface area contributed by atoms with Crippen LogP contribution in [0.2, 0.25) is 0 Å². The minimum Gasteiger partial charge on any atom is -0.302 e. The van der Waals surface area contributed by atoms with Crippen LogP contribution >= 0.6 is 23.1 Å². The van der Waals surface area contributed by atoms with Crippen molar-refractivity contribution in [2.24, 2.45) is 0 Å². The minimum absolute atomic E-state index is 0.135. The van der Waals surface area contributed by atoms with Crippen molar-refractivity contribution in [3.8, 4) is 0 Å². The molecule has 0 amide bonds. The van der Waals surface area contributed by atoms with Crippen LogP contribution in [-0.4, -0.2) is 9.33 Å². The van der Waals surface area contributed by atoms with Gasteiger partial charge in [-0.25, -0.2) is 0 Å². The quantitative estimate of drug-likeness (QED) is 0.534. The van der Waals surface area contributed by atoms with Gasteiger partial charge in [0, 0.05) is 24.2 Å². The third kappa shape index (κ3) is 5.38. The van der Waals surface area contributed by atoms with Crippen molar-refractivity contribution < 1.29 is 0 Å². The molecule has 1 aromatic heterocycles. The van der Waals surface area contributed by atoms with Crippen molar-refractivity contribution in [3.05, 3.63) is 21.8 Å². The first-order valence-corrected chi connectivity index (χ1v) is 6.74. The Morgan fingerprint density at radius 1 is 1.47 bits per heavy atom. The Hall–Kier alpha value is -0.280. The molecule has 0 N–H and O–H groups in total.